The third kappa shape index (κ3) is 3.42. The number of hydrogen-bond acceptors (Lipinski definition) is 2. The Bertz CT molecular complexity index is 198. The van der Waals surface area contributed by atoms with Crippen LogP contribution >= 0.6 is 0 Å². The predicted molar refractivity (Wildman–Crippen MR) is 67.6 cm³/mol. The Labute approximate surface area is 99.6 Å². The third-order valence-corrected chi connectivity index (χ3v) is 3.94. The summed E-state index contributed by atoms with van der Waals surface area (Å²) in [5.41, 5.74) is 0.222. The Balaban J connectivity index is 2.54. The Morgan fingerprint density at radius 1 is 1.44 bits per heavy atom. The van der Waals surface area contributed by atoms with Gasteiger partial charge in [0.1, 0.15) is 0 Å². The maximum atomic E-state index is 12.3. The summed E-state index contributed by atoms with van der Waals surface area (Å²) in [4.78, 5) is 2.49. The normalized spacial score (nSPS) is 31.9. The van der Waals surface area contributed by atoms with E-state index in [1.165, 1.54) is 12.8 Å². The van der Waals surface area contributed by atoms with Gasteiger partial charge in [0.2, 0.25) is 0 Å². The summed E-state index contributed by atoms with van der Waals surface area (Å²) in [6, 6.07) is 0.601. The minimum absolute atomic E-state index is 0.192. The topological polar surface area (TPSA) is 15.3 Å². The first kappa shape index (κ1) is 13.9. The van der Waals surface area contributed by atoms with E-state index >= 15 is 0 Å². The quantitative estimate of drug-likeness (QED) is 0.754. The monoisotopic (exact) mass is 230 g/mol. The summed E-state index contributed by atoms with van der Waals surface area (Å²) in [6.45, 7) is 9.58. The number of piperazine rings is 1. The number of hydrogen-bond donors (Lipinski definition) is 1. The summed E-state index contributed by atoms with van der Waals surface area (Å²) in [7, 11) is 0. The van der Waals surface area contributed by atoms with E-state index in [2.05, 4.69) is 31.0 Å². The molecule has 0 saturated carbocycles. The van der Waals surface area contributed by atoms with Crippen LogP contribution in [0.3, 0.4) is 0 Å². The Kier molecular flexibility index (Phi) is 5.70. The summed E-state index contributed by atoms with van der Waals surface area (Å²) >= 11 is 0. The maximum absolute atomic E-state index is 12.3. The summed E-state index contributed by atoms with van der Waals surface area (Å²) in [5, 5.41) is 3.63. The van der Waals surface area contributed by atoms with Crippen molar-refractivity contribution in [1.82, 2.24) is 10.2 Å². The van der Waals surface area contributed by atoms with Crippen molar-refractivity contribution in [3.63, 3.8) is 0 Å². The van der Waals surface area contributed by atoms with Gasteiger partial charge in [0, 0.05) is 31.2 Å². The molecular weight excluding hydrogens is 203 g/mol. The van der Waals surface area contributed by atoms with E-state index in [1.807, 2.05) is 0 Å². The van der Waals surface area contributed by atoms with Gasteiger partial charge in [0.25, 0.3) is 0 Å². The van der Waals surface area contributed by atoms with Crippen LogP contribution in [0, 0.1) is 0 Å². The zero-order valence-electron chi connectivity index (χ0n) is 11.1. The van der Waals surface area contributed by atoms with Gasteiger partial charge in [-0.1, -0.05) is 20.3 Å². The Morgan fingerprint density at radius 2 is 2.19 bits per heavy atom. The van der Waals surface area contributed by atoms with Crippen molar-refractivity contribution in [2.24, 2.45) is 0 Å². The van der Waals surface area contributed by atoms with E-state index < -0.39 is 0 Å². The molecule has 1 aliphatic heterocycles. The third-order valence-electron chi connectivity index (χ3n) is 3.94. The van der Waals surface area contributed by atoms with Gasteiger partial charge in [-0.05, 0) is 26.2 Å². The van der Waals surface area contributed by atoms with Gasteiger partial charge in [-0.15, -0.1) is 0 Å². The van der Waals surface area contributed by atoms with Crippen LogP contribution in [-0.2, 0) is 0 Å². The molecule has 0 spiro atoms. The molecule has 0 aliphatic carbocycles. The summed E-state index contributed by atoms with van der Waals surface area (Å²) < 4.78 is 12.3. The maximum Gasteiger partial charge on any atom is 0.0906 e. The Hall–Kier alpha value is -0.150. The lowest BCUT2D eigenvalue weighted by Crippen LogP contribution is -2.63. The highest BCUT2D eigenvalue weighted by atomic mass is 19.1. The fourth-order valence-corrected chi connectivity index (χ4v) is 2.53. The zero-order valence-corrected chi connectivity index (χ0v) is 11.1. The minimum Gasteiger partial charge on any atom is -0.311 e. The van der Waals surface area contributed by atoms with Crippen LogP contribution in [0.1, 0.15) is 46.5 Å². The molecule has 2 atom stereocenters. The molecule has 16 heavy (non-hydrogen) atoms. The predicted octanol–water partition coefficient (Wildman–Crippen LogP) is 2.59. The van der Waals surface area contributed by atoms with Crippen molar-refractivity contribution in [2.45, 2.75) is 58.0 Å². The van der Waals surface area contributed by atoms with Gasteiger partial charge in [-0.2, -0.15) is 0 Å². The molecule has 0 amide bonds. The second-order valence-corrected chi connectivity index (χ2v) is 5.21. The molecule has 1 N–H and O–H groups in total. The van der Waals surface area contributed by atoms with Gasteiger partial charge >= 0.3 is 0 Å². The van der Waals surface area contributed by atoms with Crippen molar-refractivity contribution in [3.05, 3.63) is 0 Å². The minimum atomic E-state index is -0.192. The number of alkyl halides is 1. The Morgan fingerprint density at radius 3 is 2.75 bits per heavy atom. The fraction of sp³-hybridized carbons (Fsp3) is 1.00. The van der Waals surface area contributed by atoms with E-state index in [9.17, 15) is 4.39 Å². The first-order chi connectivity index (χ1) is 7.66. The van der Waals surface area contributed by atoms with Crippen molar-refractivity contribution in [1.29, 1.82) is 0 Å². The van der Waals surface area contributed by atoms with Crippen LogP contribution in [0.4, 0.5) is 4.39 Å². The van der Waals surface area contributed by atoms with Crippen LogP contribution in [0.25, 0.3) is 0 Å². The average molecular weight is 230 g/mol. The van der Waals surface area contributed by atoms with E-state index in [0.717, 1.165) is 26.1 Å². The van der Waals surface area contributed by atoms with Crippen molar-refractivity contribution < 1.29 is 4.39 Å². The average Bonchev–Trinajstić information content (AvgIpc) is 2.30. The first-order valence-corrected chi connectivity index (χ1v) is 6.70. The van der Waals surface area contributed by atoms with Gasteiger partial charge in [0.05, 0.1) is 6.67 Å². The molecule has 0 bridgehead atoms. The van der Waals surface area contributed by atoms with E-state index in [1.54, 1.807) is 0 Å². The van der Waals surface area contributed by atoms with Crippen LogP contribution in [0.2, 0.25) is 0 Å². The molecule has 3 heteroatoms. The lowest BCUT2D eigenvalue weighted by molar-refractivity contribution is 0.0444. The number of nitrogens with one attached hydrogen (secondary N) is 1. The van der Waals surface area contributed by atoms with Crippen molar-refractivity contribution in [3.8, 4) is 0 Å². The van der Waals surface area contributed by atoms with Gasteiger partial charge in [-0.3, -0.25) is 9.29 Å². The molecular formula is C13H27FN2. The highest BCUT2D eigenvalue weighted by molar-refractivity contribution is 4.94. The second kappa shape index (κ2) is 6.55. The molecule has 1 fully saturated rings. The molecule has 1 heterocycles. The molecule has 2 nitrogen and oxygen atoms in total. The highest BCUT2D eigenvalue weighted by Gasteiger charge is 2.35. The molecule has 1 rings (SSSR count). The van der Waals surface area contributed by atoms with Crippen LogP contribution in [0.5, 0.6) is 0 Å². The molecule has 0 aromatic rings. The lowest BCUT2D eigenvalue weighted by atomic mass is 9.91. The van der Waals surface area contributed by atoms with Gasteiger partial charge in [0.15, 0.2) is 0 Å². The highest BCUT2D eigenvalue weighted by Crippen LogP contribution is 2.24. The van der Waals surface area contributed by atoms with Gasteiger partial charge < -0.3 is 5.32 Å². The molecule has 1 aliphatic rings. The lowest BCUT2D eigenvalue weighted by Gasteiger charge is -2.48. The van der Waals surface area contributed by atoms with Crippen LogP contribution in [-0.4, -0.2) is 42.8 Å². The SMILES string of the molecule is CCCC1CN(CCCF)C(C)(CC)CN1. The number of nitrogens with zero attached hydrogens (tertiary/aromatic N) is 1. The fourth-order valence-electron chi connectivity index (χ4n) is 2.53. The molecule has 1 saturated heterocycles. The standard InChI is InChI=1S/C13H27FN2/c1-4-7-12-10-16(9-6-8-14)13(3,5-2)11-15-12/h12,15H,4-11H2,1-3H3. The largest absolute Gasteiger partial charge is 0.311 e. The second-order valence-electron chi connectivity index (χ2n) is 5.21. The summed E-state index contributed by atoms with van der Waals surface area (Å²) in [6.07, 6.45) is 4.25. The van der Waals surface area contributed by atoms with E-state index in [4.69, 9.17) is 0 Å². The molecule has 2 unspecified atom stereocenters. The zero-order chi connectivity index (χ0) is 12.0. The number of rotatable bonds is 6. The molecule has 0 radical (unpaired) electrons. The van der Waals surface area contributed by atoms with Gasteiger partial charge in [-0.25, -0.2) is 0 Å². The molecule has 0 aromatic carbocycles. The smallest absolute Gasteiger partial charge is 0.0906 e. The van der Waals surface area contributed by atoms with Crippen LogP contribution < -0.4 is 5.32 Å². The van der Waals surface area contributed by atoms with Crippen molar-refractivity contribution >= 4 is 0 Å². The van der Waals surface area contributed by atoms with E-state index in [0.29, 0.717) is 12.5 Å². The summed E-state index contributed by atoms with van der Waals surface area (Å²) in [5.74, 6) is 0. The first-order valence-electron chi connectivity index (χ1n) is 6.70. The molecule has 96 valence electrons. The van der Waals surface area contributed by atoms with E-state index in [-0.39, 0.29) is 12.2 Å². The van der Waals surface area contributed by atoms with Crippen LogP contribution in [0.15, 0.2) is 0 Å². The molecule has 0 aromatic heterocycles. The number of halogens is 1. The van der Waals surface area contributed by atoms with Crippen molar-refractivity contribution in [2.75, 3.05) is 26.3 Å².